The first-order chi connectivity index (χ1) is 10.2. The maximum Gasteiger partial charge on any atom is 0.416 e. The van der Waals surface area contributed by atoms with Gasteiger partial charge in [0.1, 0.15) is 4.90 Å². The summed E-state index contributed by atoms with van der Waals surface area (Å²) in [5, 5.41) is -0.261. The first-order valence-electron chi connectivity index (χ1n) is 6.62. The van der Waals surface area contributed by atoms with Gasteiger partial charge in [0.2, 0.25) is 10.0 Å². The molecule has 0 bridgehead atoms. The van der Waals surface area contributed by atoms with Crippen molar-refractivity contribution in [3.05, 3.63) is 28.8 Å². The van der Waals surface area contributed by atoms with Crippen LogP contribution in [0.5, 0.6) is 0 Å². The Morgan fingerprint density at radius 3 is 2.55 bits per heavy atom. The molecule has 0 aliphatic heterocycles. The van der Waals surface area contributed by atoms with Gasteiger partial charge in [-0.25, -0.2) is 13.1 Å². The quantitative estimate of drug-likeness (QED) is 0.723. The molecule has 0 spiro atoms. The van der Waals surface area contributed by atoms with Gasteiger partial charge in [0.15, 0.2) is 0 Å². The lowest BCUT2D eigenvalue weighted by Gasteiger charge is -2.12. The summed E-state index contributed by atoms with van der Waals surface area (Å²) in [6.07, 6.45) is -3.37. The van der Waals surface area contributed by atoms with E-state index in [4.69, 9.17) is 16.3 Å². The zero-order chi connectivity index (χ0) is 16.8. The molecule has 0 amide bonds. The third-order valence-corrected chi connectivity index (χ3v) is 4.60. The standard InChI is InChI=1S/C13H17ClF3NO3S/c1-2-7-21-8-3-6-18-22(19,20)12-9-10(13(15,16)17)4-5-11(12)14/h4-5,9,18H,2-3,6-8H2,1H3. The minimum atomic E-state index is -4.64. The number of alkyl halides is 3. The fraction of sp³-hybridized carbons (Fsp3) is 0.538. The number of halogens is 4. The predicted molar refractivity (Wildman–Crippen MR) is 77.4 cm³/mol. The van der Waals surface area contributed by atoms with Crippen molar-refractivity contribution in [2.75, 3.05) is 19.8 Å². The van der Waals surface area contributed by atoms with Gasteiger partial charge in [-0.1, -0.05) is 18.5 Å². The summed E-state index contributed by atoms with van der Waals surface area (Å²) in [7, 11) is -4.10. The number of ether oxygens (including phenoxy) is 1. The Kier molecular flexibility index (Phi) is 7.11. The highest BCUT2D eigenvalue weighted by atomic mass is 35.5. The van der Waals surface area contributed by atoms with Crippen molar-refractivity contribution in [2.24, 2.45) is 0 Å². The molecule has 0 saturated heterocycles. The lowest BCUT2D eigenvalue weighted by Crippen LogP contribution is -2.26. The molecule has 126 valence electrons. The number of hydrogen-bond donors (Lipinski definition) is 1. The van der Waals surface area contributed by atoms with E-state index in [9.17, 15) is 21.6 Å². The Balaban J connectivity index is 2.76. The number of nitrogens with one attached hydrogen (secondary N) is 1. The van der Waals surface area contributed by atoms with Crippen molar-refractivity contribution < 1.29 is 26.3 Å². The number of sulfonamides is 1. The van der Waals surface area contributed by atoms with Crippen molar-refractivity contribution in [3.8, 4) is 0 Å². The molecule has 0 aliphatic carbocycles. The van der Waals surface area contributed by atoms with E-state index < -0.39 is 26.7 Å². The van der Waals surface area contributed by atoms with Crippen LogP contribution in [0.1, 0.15) is 25.3 Å². The molecular weight excluding hydrogens is 343 g/mol. The Hall–Kier alpha value is -0.830. The van der Waals surface area contributed by atoms with E-state index in [0.717, 1.165) is 18.6 Å². The van der Waals surface area contributed by atoms with Gasteiger partial charge in [0, 0.05) is 19.8 Å². The summed E-state index contributed by atoms with van der Waals surface area (Å²) in [6.45, 7) is 2.94. The Bertz CT molecular complexity index is 591. The molecule has 0 heterocycles. The van der Waals surface area contributed by atoms with E-state index in [2.05, 4.69) is 4.72 Å². The van der Waals surface area contributed by atoms with Gasteiger partial charge in [0.05, 0.1) is 10.6 Å². The molecule has 1 aromatic carbocycles. The summed E-state index contributed by atoms with van der Waals surface area (Å²) >= 11 is 5.70. The fourth-order valence-electron chi connectivity index (χ4n) is 1.59. The van der Waals surface area contributed by atoms with Crippen LogP contribution in [0.3, 0.4) is 0 Å². The van der Waals surface area contributed by atoms with Crippen LogP contribution in [0.25, 0.3) is 0 Å². The molecule has 9 heteroatoms. The summed E-state index contributed by atoms with van der Waals surface area (Å²) in [5.74, 6) is 0. The number of benzene rings is 1. The molecule has 0 radical (unpaired) electrons. The maximum absolute atomic E-state index is 12.6. The third kappa shape index (κ3) is 5.75. The van der Waals surface area contributed by atoms with Gasteiger partial charge in [-0.3, -0.25) is 0 Å². The van der Waals surface area contributed by atoms with Crippen LogP contribution in [0.4, 0.5) is 13.2 Å². The molecule has 0 atom stereocenters. The monoisotopic (exact) mass is 359 g/mol. The molecule has 0 fully saturated rings. The second-order valence-electron chi connectivity index (χ2n) is 4.51. The van der Waals surface area contributed by atoms with Crippen LogP contribution in [0.2, 0.25) is 5.02 Å². The minimum Gasteiger partial charge on any atom is -0.381 e. The van der Waals surface area contributed by atoms with E-state index in [0.29, 0.717) is 25.7 Å². The molecule has 22 heavy (non-hydrogen) atoms. The highest BCUT2D eigenvalue weighted by molar-refractivity contribution is 7.89. The average molecular weight is 360 g/mol. The minimum absolute atomic E-state index is 0.0542. The molecule has 1 N–H and O–H groups in total. The summed E-state index contributed by atoms with van der Waals surface area (Å²) in [5.41, 5.74) is -1.07. The molecule has 0 saturated carbocycles. The van der Waals surface area contributed by atoms with Gasteiger partial charge in [-0.2, -0.15) is 13.2 Å². The van der Waals surface area contributed by atoms with Crippen LogP contribution >= 0.6 is 11.6 Å². The largest absolute Gasteiger partial charge is 0.416 e. The predicted octanol–water partition coefficient (Wildman–Crippen LogP) is 3.45. The van der Waals surface area contributed by atoms with Crippen LogP contribution in [0, 0.1) is 0 Å². The van der Waals surface area contributed by atoms with Crippen molar-refractivity contribution in [3.63, 3.8) is 0 Å². The van der Waals surface area contributed by atoms with Crippen molar-refractivity contribution in [1.82, 2.24) is 4.72 Å². The number of rotatable bonds is 8. The first-order valence-corrected chi connectivity index (χ1v) is 8.48. The molecular formula is C13H17ClF3NO3S. The first kappa shape index (κ1) is 19.2. The van der Waals surface area contributed by atoms with Crippen LogP contribution in [0.15, 0.2) is 23.1 Å². The highest BCUT2D eigenvalue weighted by Gasteiger charge is 2.32. The van der Waals surface area contributed by atoms with Gasteiger partial charge in [-0.15, -0.1) is 0 Å². The Morgan fingerprint density at radius 2 is 1.95 bits per heavy atom. The van der Waals surface area contributed by atoms with Crippen molar-refractivity contribution in [2.45, 2.75) is 30.8 Å². The van der Waals surface area contributed by atoms with E-state index >= 15 is 0 Å². The lowest BCUT2D eigenvalue weighted by atomic mass is 10.2. The van der Waals surface area contributed by atoms with E-state index in [-0.39, 0.29) is 11.6 Å². The van der Waals surface area contributed by atoms with Crippen LogP contribution in [-0.4, -0.2) is 28.2 Å². The molecule has 1 aromatic rings. The second-order valence-corrected chi connectivity index (χ2v) is 6.65. The fourth-order valence-corrected chi connectivity index (χ4v) is 3.19. The summed E-state index contributed by atoms with van der Waals surface area (Å²) in [4.78, 5) is -0.585. The molecule has 4 nitrogen and oxygen atoms in total. The molecule has 0 unspecified atom stereocenters. The van der Waals surface area contributed by atoms with Crippen LogP contribution < -0.4 is 4.72 Å². The topological polar surface area (TPSA) is 55.4 Å². The second kappa shape index (κ2) is 8.14. The lowest BCUT2D eigenvalue weighted by molar-refractivity contribution is -0.137. The molecule has 1 rings (SSSR count). The normalized spacial score (nSPS) is 12.6. The van der Waals surface area contributed by atoms with Crippen molar-refractivity contribution in [1.29, 1.82) is 0 Å². The summed E-state index contributed by atoms with van der Waals surface area (Å²) < 4.78 is 69.3. The average Bonchev–Trinajstić information content (AvgIpc) is 2.41. The third-order valence-electron chi connectivity index (χ3n) is 2.65. The highest BCUT2D eigenvalue weighted by Crippen LogP contribution is 2.33. The van der Waals surface area contributed by atoms with Gasteiger partial charge < -0.3 is 4.74 Å². The maximum atomic E-state index is 12.6. The zero-order valence-corrected chi connectivity index (χ0v) is 13.5. The van der Waals surface area contributed by atoms with Gasteiger partial charge in [-0.05, 0) is 31.0 Å². The Labute approximate surface area is 132 Å². The van der Waals surface area contributed by atoms with E-state index in [1.54, 1.807) is 0 Å². The zero-order valence-electron chi connectivity index (χ0n) is 11.9. The number of hydrogen-bond acceptors (Lipinski definition) is 3. The smallest absolute Gasteiger partial charge is 0.381 e. The molecule has 0 aliphatic rings. The Morgan fingerprint density at radius 1 is 1.27 bits per heavy atom. The van der Waals surface area contributed by atoms with Crippen LogP contribution in [-0.2, 0) is 20.9 Å². The molecule has 0 aromatic heterocycles. The van der Waals surface area contributed by atoms with E-state index in [1.807, 2.05) is 6.92 Å². The summed E-state index contributed by atoms with van der Waals surface area (Å²) in [6, 6.07) is 2.18. The van der Waals surface area contributed by atoms with Crippen molar-refractivity contribution >= 4 is 21.6 Å². The van der Waals surface area contributed by atoms with Gasteiger partial charge >= 0.3 is 6.18 Å². The van der Waals surface area contributed by atoms with Gasteiger partial charge in [0.25, 0.3) is 0 Å². The van der Waals surface area contributed by atoms with E-state index in [1.165, 1.54) is 0 Å². The SMILES string of the molecule is CCCOCCCNS(=O)(=O)c1cc(C(F)(F)F)ccc1Cl.